The van der Waals surface area contributed by atoms with Crippen LogP contribution in [0.3, 0.4) is 0 Å². The van der Waals surface area contributed by atoms with Gasteiger partial charge in [-0.2, -0.15) is 0 Å². The zero-order chi connectivity index (χ0) is 18.1. The molecule has 2 rings (SSSR count). The Kier molecular flexibility index (Phi) is 7.07. The van der Waals surface area contributed by atoms with Gasteiger partial charge in [-0.05, 0) is 48.7 Å². The smallest absolute Gasteiger partial charge is 0.315 e. The van der Waals surface area contributed by atoms with Crippen LogP contribution >= 0.6 is 0 Å². The number of halogens is 1. The van der Waals surface area contributed by atoms with Crippen molar-refractivity contribution < 1.29 is 18.7 Å². The lowest BCUT2D eigenvalue weighted by Crippen LogP contribution is -2.36. The van der Waals surface area contributed by atoms with Crippen molar-refractivity contribution in [3.8, 4) is 11.5 Å². The first-order valence-electron chi connectivity index (χ1n) is 8.18. The van der Waals surface area contributed by atoms with Gasteiger partial charge in [0.25, 0.3) is 0 Å². The van der Waals surface area contributed by atoms with E-state index in [1.54, 1.807) is 19.2 Å². The van der Waals surface area contributed by atoms with Gasteiger partial charge in [0.15, 0.2) is 11.5 Å². The van der Waals surface area contributed by atoms with Crippen molar-refractivity contribution in [3.05, 3.63) is 59.4 Å². The molecular formula is C19H23FN2O3. The van der Waals surface area contributed by atoms with E-state index in [1.807, 2.05) is 25.1 Å². The summed E-state index contributed by atoms with van der Waals surface area (Å²) < 4.78 is 23.9. The second kappa shape index (κ2) is 9.52. The fourth-order valence-electron chi connectivity index (χ4n) is 2.35. The molecule has 0 saturated carbocycles. The summed E-state index contributed by atoms with van der Waals surface area (Å²) in [4.78, 5) is 11.8. The average Bonchev–Trinajstić information content (AvgIpc) is 2.61. The summed E-state index contributed by atoms with van der Waals surface area (Å²) in [5.74, 6) is 1.06. The van der Waals surface area contributed by atoms with E-state index in [9.17, 15) is 9.18 Å². The van der Waals surface area contributed by atoms with E-state index >= 15 is 0 Å². The van der Waals surface area contributed by atoms with Crippen molar-refractivity contribution in [1.29, 1.82) is 0 Å². The molecule has 0 radical (unpaired) electrons. The summed E-state index contributed by atoms with van der Waals surface area (Å²) in [5.41, 5.74) is 1.75. The molecular weight excluding hydrogens is 323 g/mol. The van der Waals surface area contributed by atoms with Crippen molar-refractivity contribution in [3.63, 3.8) is 0 Å². The Morgan fingerprint density at radius 1 is 1.08 bits per heavy atom. The number of carbonyl (C=O) groups excluding carboxylic acids is 1. The molecule has 0 aromatic heterocycles. The molecule has 0 heterocycles. The number of carbonyl (C=O) groups is 1. The van der Waals surface area contributed by atoms with Crippen LogP contribution in [0.4, 0.5) is 9.18 Å². The number of benzene rings is 2. The molecule has 5 nitrogen and oxygen atoms in total. The molecule has 0 spiro atoms. The number of amides is 2. The lowest BCUT2D eigenvalue weighted by molar-refractivity contribution is 0.240. The second-order valence-corrected chi connectivity index (χ2v) is 5.41. The minimum Gasteiger partial charge on any atom is -0.493 e. The first-order chi connectivity index (χ1) is 12.1. The molecule has 0 aliphatic carbocycles. The molecule has 2 aromatic carbocycles. The number of rotatable bonds is 8. The van der Waals surface area contributed by atoms with Gasteiger partial charge in [-0.15, -0.1) is 0 Å². The topological polar surface area (TPSA) is 59.6 Å². The predicted molar refractivity (Wildman–Crippen MR) is 94.5 cm³/mol. The molecule has 25 heavy (non-hydrogen) atoms. The Balaban J connectivity index is 1.77. The predicted octanol–water partition coefficient (Wildman–Crippen LogP) is 3.27. The summed E-state index contributed by atoms with van der Waals surface area (Å²) in [7, 11) is 1.60. The highest BCUT2D eigenvalue weighted by atomic mass is 19.1. The van der Waals surface area contributed by atoms with Crippen LogP contribution in [0.1, 0.15) is 18.1 Å². The Morgan fingerprint density at radius 3 is 2.64 bits per heavy atom. The zero-order valence-electron chi connectivity index (χ0n) is 14.5. The van der Waals surface area contributed by atoms with Gasteiger partial charge < -0.3 is 20.1 Å². The van der Waals surface area contributed by atoms with Crippen LogP contribution in [0.15, 0.2) is 42.5 Å². The molecule has 0 fully saturated rings. The van der Waals surface area contributed by atoms with E-state index in [4.69, 9.17) is 9.47 Å². The summed E-state index contributed by atoms with van der Waals surface area (Å²) >= 11 is 0. The van der Waals surface area contributed by atoms with Crippen LogP contribution in [0.5, 0.6) is 11.5 Å². The molecule has 0 saturated heterocycles. The number of nitrogens with one attached hydrogen (secondary N) is 2. The number of methoxy groups -OCH3 is 1. The first kappa shape index (κ1) is 18.6. The third kappa shape index (κ3) is 5.99. The Morgan fingerprint density at radius 2 is 1.92 bits per heavy atom. The minimum atomic E-state index is -0.316. The van der Waals surface area contributed by atoms with Crippen LogP contribution in [-0.2, 0) is 13.0 Å². The maximum Gasteiger partial charge on any atom is 0.315 e. The van der Waals surface area contributed by atoms with Gasteiger partial charge in [-0.1, -0.05) is 18.2 Å². The molecule has 134 valence electrons. The van der Waals surface area contributed by atoms with Crippen molar-refractivity contribution in [2.24, 2.45) is 0 Å². The molecule has 0 aliphatic rings. The highest BCUT2D eigenvalue weighted by Gasteiger charge is 2.06. The maximum atomic E-state index is 13.1. The zero-order valence-corrected chi connectivity index (χ0v) is 14.5. The third-order valence-corrected chi connectivity index (χ3v) is 3.57. The SMILES string of the molecule is CCOc1ccc(CCNC(=O)NCc2cccc(F)c2)cc1OC. The van der Waals surface area contributed by atoms with Gasteiger partial charge in [0.05, 0.1) is 13.7 Å². The van der Waals surface area contributed by atoms with E-state index in [-0.39, 0.29) is 18.4 Å². The lowest BCUT2D eigenvalue weighted by Gasteiger charge is -2.11. The normalized spacial score (nSPS) is 10.2. The summed E-state index contributed by atoms with van der Waals surface area (Å²) in [6.45, 7) is 3.25. The van der Waals surface area contributed by atoms with Gasteiger partial charge in [0, 0.05) is 13.1 Å². The highest BCUT2D eigenvalue weighted by Crippen LogP contribution is 2.28. The van der Waals surface area contributed by atoms with Gasteiger partial charge in [0.2, 0.25) is 0 Å². The van der Waals surface area contributed by atoms with E-state index in [0.717, 1.165) is 5.56 Å². The van der Waals surface area contributed by atoms with Crippen molar-refractivity contribution in [2.75, 3.05) is 20.3 Å². The van der Waals surface area contributed by atoms with Crippen molar-refractivity contribution in [2.45, 2.75) is 19.9 Å². The fourth-order valence-corrected chi connectivity index (χ4v) is 2.35. The van der Waals surface area contributed by atoms with Crippen LogP contribution in [0, 0.1) is 5.82 Å². The van der Waals surface area contributed by atoms with Crippen LogP contribution in [0.2, 0.25) is 0 Å². The quantitative estimate of drug-likeness (QED) is 0.771. The maximum absolute atomic E-state index is 13.1. The molecule has 0 aliphatic heterocycles. The second-order valence-electron chi connectivity index (χ2n) is 5.41. The third-order valence-electron chi connectivity index (χ3n) is 3.57. The molecule has 0 unspecified atom stereocenters. The largest absolute Gasteiger partial charge is 0.493 e. The molecule has 0 bridgehead atoms. The number of urea groups is 1. The molecule has 2 aromatic rings. The monoisotopic (exact) mass is 346 g/mol. The van der Waals surface area contributed by atoms with Crippen molar-refractivity contribution in [1.82, 2.24) is 10.6 Å². The van der Waals surface area contributed by atoms with E-state index in [1.165, 1.54) is 12.1 Å². The van der Waals surface area contributed by atoms with E-state index < -0.39 is 0 Å². The number of hydrogen-bond donors (Lipinski definition) is 2. The standard InChI is InChI=1S/C19H23FN2O3/c1-3-25-17-8-7-14(12-18(17)24-2)9-10-21-19(23)22-13-15-5-4-6-16(20)11-15/h4-8,11-12H,3,9-10,13H2,1-2H3,(H2,21,22,23). The van der Waals surface area contributed by atoms with Crippen molar-refractivity contribution >= 4 is 6.03 Å². The van der Waals surface area contributed by atoms with Gasteiger partial charge in [0.1, 0.15) is 5.82 Å². The first-order valence-corrected chi connectivity index (χ1v) is 8.18. The summed E-state index contributed by atoms with van der Waals surface area (Å²) in [6.07, 6.45) is 0.663. The Hall–Kier alpha value is -2.76. The van der Waals surface area contributed by atoms with Gasteiger partial charge >= 0.3 is 6.03 Å². The lowest BCUT2D eigenvalue weighted by atomic mass is 10.1. The summed E-state index contributed by atoms with van der Waals surface area (Å²) in [5, 5.41) is 5.48. The van der Waals surface area contributed by atoms with E-state index in [0.29, 0.717) is 36.6 Å². The van der Waals surface area contributed by atoms with Gasteiger partial charge in [-0.3, -0.25) is 0 Å². The fraction of sp³-hybridized carbons (Fsp3) is 0.316. The Labute approximate surface area is 147 Å². The molecule has 0 atom stereocenters. The molecule has 2 amide bonds. The highest BCUT2D eigenvalue weighted by molar-refractivity contribution is 5.73. The number of ether oxygens (including phenoxy) is 2. The minimum absolute atomic E-state index is 0.278. The summed E-state index contributed by atoms with van der Waals surface area (Å²) in [6, 6.07) is 11.6. The average molecular weight is 346 g/mol. The van der Waals surface area contributed by atoms with E-state index in [2.05, 4.69) is 10.6 Å². The molecule has 6 heteroatoms. The Bertz CT molecular complexity index is 707. The van der Waals surface area contributed by atoms with Gasteiger partial charge in [-0.25, -0.2) is 9.18 Å². The van der Waals surface area contributed by atoms with Crippen LogP contribution < -0.4 is 20.1 Å². The van der Waals surface area contributed by atoms with Crippen LogP contribution in [-0.4, -0.2) is 26.3 Å². The molecule has 2 N–H and O–H groups in total. The number of hydrogen-bond acceptors (Lipinski definition) is 3. The van der Waals surface area contributed by atoms with Crippen LogP contribution in [0.25, 0.3) is 0 Å².